The Kier molecular flexibility index (Phi) is 5.16. The Morgan fingerprint density at radius 2 is 1.65 bits per heavy atom. The number of hydrogen-bond acceptors (Lipinski definition) is 4. The molecule has 26 heavy (non-hydrogen) atoms. The summed E-state index contributed by atoms with van der Waals surface area (Å²) >= 11 is 0. The van der Waals surface area contributed by atoms with Crippen molar-refractivity contribution in [2.24, 2.45) is 0 Å². The monoisotopic (exact) mass is 349 g/mol. The lowest BCUT2D eigenvalue weighted by Gasteiger charge is -2.06. The van der Waals surface area contributed by atoms with Gasteiger partial charge in [-0.3, -0.25) is 10.1 Å². The highest BCUT2D eigenvalue weighted by molar-refractivity contribution is 5.90. The molecule has 5 heteroatoms. The van der Waals surface area contributed by atoms with Crippen LogP contribution in [0.5, 0.6) is 0 Å². The van der Waals surface area contributed by atoms with Crippen molar-refractivity contribution < 1.29 is 9.21 Å². The molecule has 1 amide bonds. The summed E-state index contributed by atoms with van der Waals surface area (Å²) in [6, 6.07) is 12.5. The molecule has 1 N–H and O–H groups in total. The van der Waals surface area contributed by atoms with Crippen molar-refractivity contribution in [2.75, 3.05) is 5.32 Å². The van der Waals surface area contributed by atoms with Gasteiger partial charge in [0.15, 0.2) is 0 Å². The third kappa shape index (κ3) is 4.36. The molecule has 0 saturated heterocycles. The van der Waals surface area contributed by atoms with E-state index in [-0.39, 0.29) is 18.3 Å². The lowest BCUT2D eigenvalue weighted by molar-refractivity contribution is -0.115. The van der Waals surface area contributed by atoms with Crippen LogP contribution in [0.1, 0.15) is 39.3 Å². The molecule has 2 aromatic carbocycles. The molecule has 0 unspecified atom stereocenters. The second-order valence-electron chi connectivity index (χ2n) is 6.76. The van der Waals surface area contributed by atoms with E-state index in [4.69, 9.17) is 4.42 Å². The van der Waals surface area contributed by atoms with Gasteiger partial charge in [0.1, 0.15) is 0 Å². The Balaban J connectivity index is 1.64. The minimum atomic E-state index is -0.166. The molecule has 0 atom stereocenters. The van der Waals surface area contributed by atoms with Crippen molar-refractivity contribution in [3.8, 4) is 0 Å². The van der Waals surface area contributed by atoms with Gasteiger partial charge in [-0.1, -0.05) is 52.6 Å². The van der Waals surface area contributed by atoms with Gasteiger partial charge in [-0.15, -0.1) is 5.10 Å². The highest BCUT2D eigenvalue weighted by Crippen LogP contribution is 2.17. The number of hydrogen-bond donors (Lipinski definition) is 1. The van der Waals surface area contributed by atoms with Crippen molar-refractivity contribution in [1.29, 1.82) is 0 Å². The van der Waals surface area contributed by atoms with Gasteiger partial charge in [-0.25, -0.2) is 0 Å². The van der Waals surface area contributed by atoms with E-state index in [2.05, 4.69) is 47.6 Å². The summed E-state index contributed by atoms with van der Waals surface area (Å²) in [4.78, 5) is 12.3. The first kappa shape index (κ1) is 17.9. The minimum absolute atomic E-state index is 0.139. The molecule has 134 valence electrons. The fourth-order valence-corrected chi connectivity index (χ4v) is 2.91. The number of anilines is 1. The van der Waals surface area contributed by atoms with Crippen LogP contribution in [-0.4, -0.2) is 16.1 Å². The minimum Gasteiger partial charge on any atom is -0.407 e. The first-order valence-electron chi connectivity index (χ1n) is 8.65. The average molecular weight is 349 g/mol. The number of benzene rings is 2. The van der Waals surface area contributed by atoms with Crippen LogP contribution < -0.4 is 5.32 Å². The summed E-state index contributed by atoms with van der Waals surface area (Å²) < 4.78 is 5.58. The molecule has 0 bridgehead atoms. The SMILES string of the molecule is Cc1ccc(Cc2nnc(NC(=O)Cc3cc(C)ccc3C)o2)c(C)c1. The Morgan fingerprint density at radius 1 is 0.923 bits per heavy atom. The number of nitrogens with one attached hydrogen (secondary N) is 1. The standard InChI is InChI=1S/C21H23N3O2/c1-13-6-8-17(16(4)9-13)12-20-23-24-21(26-20)22-19(25)11-18-10-14(2)5-7-15(18)3/h5-10H,11-12H2,1-4H3,(H,22,24,25). The van der Waals surface area contributed by atoms with Crippen LogP contribution in [0.2, 0.25) is 0 Å². The van der Waals surface area contributed by atoms with Crippen LogP contribution in [0.4, 0.5) is 6.01 Å². The number of carbonyl (C=O) groups is 1. The topological polar surface area (TPSA) is 68.0 Å². The van der Waals surface area contributed by atoms with Crippen molar-refractivity contribution in [3.63, 3.8) is 0 Å². The lowest BCUT2D eigenvalue weighted by atomic mass is 10.0. The van der Waals surface area contributed by atoms with E-state index in [0.717, 1.165) is 22.3 Å². The summed E-state index contributed by atoms with van der Waals surface area (Å²) in [6.45, 7) is 8.13. The Hall–Kier alpha value is -2.95. The second-order valence-corrected chi connectivity index (χ2v) is 6.76. The molecule has 3 rings (SSSR count). The van der Waals surface area contributed by atoms with E-state index in [1.54, 1.807) is 0 Å². The predicted molar refractivity (Wildman–Crippen MR) is 101 cm³/mol. The number of carbonyl (C=O) groups excluding carboxylic acids is 1. The highest BCUT2D eigenvalue weighted by atomic mass is 16.4. The zero-order valence-corrected chi connectivity index (χ0v) is 15.6. The first-order valence-corrected chi connectivity index (χ1v) is 8.65. The first-order chi connectivity index (χ1) is 12.4. The lowest BCUT2D eigenvalue weighted by Crippen LogP contribution is -2.15. The van der Waals surface area contributed by atoms with Gasteiger partial charge in [-0.2, -0.15) is 0 Å². The molecule has 0 radical (unpaired) electrons. The van der Waals surface area contributed by atoms with Crippen molar-refractivity contribution in [1.82, 2.24) is 10.2 Å². The third-order valence-corrected chi connectivity index (χ3v) is 4.41. The molecule has 0 aliphatic carbocycles. The fourth-order valence-electron chi connectivity index (χ4n) is 2.91. The number of nitrogens with zero attached hydrogens (tertiary/aromatic N) is 2. The molecule has 0 aliphatic heterocycles. The van der Waals surface area contributed by atoms with E-state index in [0.29, 0.717) is 12.3 Å². The molecule has 0 saturated carbocycles. The normalized spacial score (nSPS) is 10.8. The van der Waals surface area contributed by atoms with Gasteiger partial charge < -0.3 is 4.42 Å². The zero-order valence-electron chi connectivity index (χ0n) is 15.6. The van der Waals surface area contributed by atoms with Gasteiger partial charge in [-0.05, 0) is 49.9 Å². The summed E-state index contributed by atoms with van der Waals surface area (Å²) in [5, 5.41) is 10.7. The third-order valence-electron chi connectivity index (χ3n) is 4.41. The molecular weight excluding hydrogens is 326 g/mol. The molecule has 0 aliphatic rings. The van der Waals surface area contributed by atoms with Crippen LogP contribution in [-0.2, 0) is 17.6 Å². The molecule has 1 aromatic heterocycles. The zero-order chi connectivity index (χ0) is 18.7. The summed E-state index contributed by atoms with van der Waals surface area (Å²) in [5.41, 5.74) is 6.75. The Bertz CT molecular complexity index is 944. The van der Waals surface area contributed by atoms with Crippen LogP contribution in [0, 0.1) is 27.7 Å². The predicted octanol–water partition coefficient (Wildman–Crippen LogP) is 4.08. The van der Waals surface area contributed by atoms with Crippen LogP contribution in [0.3, 0.4) is 0 Å². The smallest absolute Gasteiger partial charge is 0.322 e. The maximum Gasteiger partial charge on any atom is 0.322 e. The molecule has 0 spiro atoms. The van der Waals surface area contributed by atoms with Crippen molar-refractivity contribution in [3.05, 3.63) is 75.7 Å². The van der Waals surface area contributed by atoms with E-state index >= 15 is 0 Å². The van der Waals surface area contributed by atoms with Gasteiger partial charge >= 0.3 is 6.01 Å². The summed E-state index contributed by atoms with van der Waals surface area (Å²) in [7, 11) is 0. The van der Waals surface area contributed by atoms with Gasteiger partial charge in [0.2, 0.25) is 11.8 Å². The van der Waals surface area contributed by atoms with E-state index < -0.39 is 0 Å². The van der Waals surface area contributed by atoms with Crippen molar-refractivity contribution >= 4 is 11.9 Å². The molecular formula is C21H23N3O2. The molecule has 3 aromatic rings. The number of aromatic nitrogens is 2. The molecule has 0 fully saturated rings. The fraction of sp³-hybridized carbons (Fsp3) is 0.286. The largest absolute Gasteiger partial charge is 0.407 e. The number of amides is 1. The summed E-state index contributed by atoms with van der Waals surface area (Å²) in [5.74, 6) is 0.319. The van der Waals surface area contributed by atoms with Crippen molar-refractivity contribution in [2.45, 2.75) is 40.5 Å². The van der Waals surface area contributed by atoms with E-state index in [1.807, 2.05) is 32.0 Å². The quantitative estimate of drug-likeness (QED) is 0.754. The van der Waals surface area contributed by atoms with Gasteiger partial charge in [0, 0.05) is 0 Å². The summed E-state index contributed by atoms with van der Waals surface area (Å²) in [6.07, 6.45) is 0.828. The van der Waals surface area contributed by atoms with Crippen LogP contribution in [0.15, 0.2) is 40.8 Å². The highest BCUT2D eigenvalue weighted by Gasteiger charge is 2.13. The Morgan fingerprint density at radius 3 is 2.42 bits per heavy atom. The average Bonchev–Trinajstić information content (AvgIpc) is 3.00. The maximum absolute atomic E-state index is 12.3. The van der Waals surface area contributed by atoms with Crippen LogP contribution >= 0.6 is 0 Å². The van der Waals surface area contributed by atoms with E-state index in [1.165, 1.54) is 11.1 Å². The van der Waals surface area contributed by atoms with Gasteiger partial charge in [0.25, 0.3) is 0 Å². The van der Waals surface area contributed by atoms with Crippen LogP contribution in [0.25, 0.3) is 0 Å². The van der Waals surface area contributed by atoms with E-state index in [9.17, 15) is 4.79 Å². The van der Waals surface area contributed by atoms with Gasteiger partial charge in [0.05, 0.1) is 12.8 Å². The molecule has 1 heterocycles. The number of rotatable bonds is 5. The second kappa shape index (κ2) is 7.52. The number of aryl methyl sites for hydroxylation is 4. The Labute approximate surface area is 153 Å². The molecule has 5 nitrogen and oxygen atoms in total. The maximum atomic E-state index is 12.3.